The number of fused-ring (bicyclic) bond motifs is 7. The minimum absolute atomic E-state index is 0.0397. The zero-order chi connectivity index (χ0) is 26.4. The third-order valence-corrected chi connectivity index (χ3v) is 13.4. The summed E-state index contributed by atoms with van der Waals surface area (Å²) in [5.41, 5.74) is 2.21. The first-order valence-electron chi connectivity index (χ1n) is 14.7. The number of methoxy groups -OCH3 is 1. The molecule has 5 aliphatic carbocycles. The van der Waals surface area contributed by atoms with Crippen molar-refractivity contribution in [3.8, 4) is 0 Å². The van der Waals surface area contributed by atoms with E-state index in [0.29, 0.717) is 17.8 Å². The molecule has 0 saturated heterocycles. The molecule has 0 aromatic heterocycles. The van der Waals surface area contributed by atoms with Gasteiger partial charge in [-0.25, -0.2) is 0 Å². The van der Waals surface area contributed by atoms with Crippen LogP contribution in [0.4, 0.5) is 0 Å². The molecule has 8 atom stereocenters. The minimum Gasteiger partial charge on any atom is -0.469 e. The summed E-state index contributed by atoms with van der Waals surface area (Å²) in [7, 11) is 1.59. The predicted molar refractivity (Wildman–Crippen MR) is 143 cm³/mol. The van der Waals surface area contributed by atoms with Gasteiger partial charge in [-0.2, -0.15) is 0 Å². The van der Waals surface area contributed by atoms with E-state index in [0.717, 1.165) is 44.9 Å². The van der Waals surface area contributed by atoms with Crippen molar-refractivity contribution >= 4 is 5.97 Å². The molecule has 4 saturated carbocycles. The summed E-state index contributed by atoms with van der Waals surface area (Å²) in [6.45, 7) is 17.2. The molecule has 0 radical (unpaired) electrons. The van der Waals surface area contributed by atoms with E-state index in [2.05, 4.69) is 54.5 Å². The van der Waals surface area contributed by atoms with Crippen molar-refractivity contribution in [3.63, 3.8) is 0 Å². The molecule has 36 heavy (non-hydrogen) atoms. The molecule has 5 aliphatic rings. The standard InChI is InChI=1S/C32H52O4/c1-27(2)15-17-32(26(34)35-8)18-16-30(6)21(22(32)19-27)9-10-24-29(5)13-12-25(36-20-33)28(3,4)23(29)11-14-31(24,30)7/h9,22-25,33H,10-20H2,1-8H3/t22-,23?,24-,25+,29+,30-,31-,32+/m1/s1. The summed E-state index contributed by atoms with van der Waals surface area (Å²) >= 11 is 0. The Morgan fingerprint density at radius 2 is 1.64 bits per heavy atom. The molecule has 4 heteroatoms. The Hall–Kier alpha value is -0.870. The van der Waals surface area contributed by atoms with E-state index in [1.807, 2.05) is 0 Å². The lowest BCUT2D eigenvalue weighted by molar-refractivity contribution is -0.222. The quantitative estimate of drug-likeness (QED) is 0.251. The monoisotopic (exact) mass is 500 g/mol. The summed E-state index contributed by atoms with van der Waals surface area (Å²) in [4.78, 5) is 13.4. The van der Waals surface area contributed by atoms with Crippen LogP contribution in [0.2, 0.25) is 0 Å². The lowest BCUT2D eigenvalue weighted by Crippen LogP contribution is -2.65. The largest absolute Gasteiger partial charge is 0.469 e. The number of aliphatic hydroxyl groups excluding tert-OH is 1. The molecule has 0 heterocycles. The summed E-state index contributed by atoms with van der Waals surface area (Å²) in [6, 6.07) is 0. The van der Waals surface area contributed by atoms with Crippen molar-refractivity contribution in [2.75, 3.05) is 13.9 Å². The number of carbonyl (C=O) groups excluding carboxylic acids is 1. The molecule has 0 amide bonds. The van der Waals surface area contributed by atoms with Crippen LogP contribution in [0.5, 0.6) is 0 Å². The molecule has 0 aromatic rings. The zero-order valence-corrected chi connectivity index (χ0v) is 24.3. The lowest BCUT2D eigenvalue weighted by Gasteiger charge is -2.71. The molecule has 0 spiro atoms. The first-order valence-corrected chi connectivity index (χ1v) is 14.7. The highest BCUT2D eigenvalue weighted by Crippen LogP contribution is 2.75. The Bertz CT molecular complexity index is 934. The average Bonchev–Trinajstić information content (AvgIpc) is 2.80. The van der Waals surface area contributed by atoms with Crippen LogP contribution in [0.1, 0.15) is 113 Å². The van der Waals surface area contributed by atoms with Crippen molar-refractivity contribution < 1.29 is 19.4 Å². The second-order valence-electron chi connectivity index (χ2n) is 15.5. The number of hydrogen-bond acceptors (Lipinski definition) is 4. The van der Waals surface area contributed by atoms with E-state index in [1.165, 1.54) is 19.3 Å². The Morgan fingerprint density at radius 3 is 2.31 bits per heavy atom. The van der Waals surface area contributed by atoms with Crippen LogP contribution in [-0.4, -0.2) is 31.1 Å². The fourth-order valence-corrected chi connectivity index (χ4v) is 11.2. The second kappa shape index (κ2) is 8.31. The van der Waals surface area contributed by atoms with Gasteiger partial charge in [-0.3, -0.25) is 4.79 Å². The van der Waals surface area contributed by atoms with Gasteiger partial charge in [-0.15, -0.1) is 0 Å². The number of aliphatic hydroxyl groups is 1. The van der Waals surface area contributed by atoms with Crippen molar-refractivity contribution in [2.24, 2.45) is 50.2 Å². The highest BCUT2D eigenvalue weighted by molar-refractivity contribution is 5.78. The molecule has 0 bridgehead atoms. The van der Waals surface area contributed by atoms with Crippen LogP contribution < -0.4 is 0 Å². The number of ether oxygens (including phenoxy) is 2. The summed E-state index contributed by atoms with van der Waals surface area (Å²) < 4.78 is 11.4. The smallest absolute Gasteiger partial charge is 0.312 e. The van der Waals surface area contributed by atoms with E-state index in [4.69, 9.17) is 9.47 Å². The molecule has 1 N–H and O–H groups in total. The van der Waals surface area contributed by atoms with Crippen molar-refractivity contribution in [3.05, 3.63) is 11.6 Å². The van der Waals surface area contributed by atoms with Crippen LogP contribution in [0.25, 0.3) is 0 Å². The number of hydrogen-bond donors (Lipinski definition) is 1. The zero-order valence-electron chi connectivity index (χ0n) is 24.3. The first-order chi connectivity index (χ1) is 16.7. The lowest BCUT2D eigenvalue weighted by atomic mass is 9.33. The Labute approximate surface area is 220 Å². The molecule has 0 aromatic carbocycles. The topological polar surface area (TPSA) is 55.8 Å². The van der Waals surface area contributed by atoms with E-state index in [-0.39, 0.29) is 51.4 Å². The number of rotatable bonds is 3. The molecular formula is C32H52O4. The third-order valence-electron chi connectivity index (χ3n) is 13.4. The van der Waals surface area contributed by atoms with Crippen molar-refractivity contribution in [1.29, 1.82) is 0 Å². The molecule has 4 fully saturated rings. The van der Waals surface area contributed by atoms with Gasteiger partial charge < -0.3 is 14.6 Å². The maximum absolute atomic E-state index is 13.4. The van der Waals surface area contributed by atoms with Gasteiger partial charge >= 0.3 is 5.97 Å². The molecule has 0 aliphatic heterocycles. The van der Waals surface area contributed by atoms with Gasteiger partial charge in [-0.1, -0.05) is 60.1 Å². The highest BCUT2D eigenvalue weighted by Gasteiger charge is 2.69. The average molecular weight is 501 g/mol. The summed E-state index contributed by atoms with van der Waals surface area (Å²) in [5, 5.41) is 9.55. The van der Waals surface area contributed by atoms with Crippen molar-refractivity contribution in [2.45, 2.75) is 119 Å². The van der Waals surface area contributed by atoms with Crippen LogP contribution >= 0.6 is 0 Å². The molecule has 4 nitrogen and oxygen atoms in total. The maximum Gasteiger partial charge on any atom is 0.312 e. The van der Waals surface area contributed by atoms with Crippen LogP contribution in [0.15, 0.2) is 11.6 Å². The summed E-state index contributed by atoms with van der Waals surface area (Å²) in [6.07, 6.45) is 13.8. The van der Waals surface area contributed by atoms with Gasteiger partial charge in [0, 0.05) is 0 Å². The van der Waals surface area contributed by atoms with Gasteiger partial charge in [0.05, 0.1) is 18.6 Å². The third kappa shape index (κ3) is 3.34. The fraction of sp³-hybridized carbons (Fsp3) is 0.906. The maximum atomic E-state index is 13.4. The predicted octanol–water partition coefficient (Wildman–Crippen LogP) is 7.30. The number of esters is 1. The van der Waals surface area contributed by atoms with Crippen LogP contribution in [-0.2, 0) is 14.3 Å². The van der Waals surface area contributed by atoms with E-state index in [1.54, 1.807) is 12.7 Å². The molecular weight excluding hydrogens is 448 g/mol. The van der Waals surface area contributed by atoms with E-state index in [9.17, 15) is 9.90 Å². The number of carbonyl (C=O) groups is 1. The van der Waals surface area contributed by atoms with Crippen molar-refractivity contribution in [1.82, 2.24) is 0 Å². The summed E-state index contributed by atoms with van der Waals surface area (Å²) in [5.74, 6) is 1.58. The fourth-order valence-electron chi connectivity index (χ4n) is 11.2. The Morgan fingerprint density at radius 1 is 0.944 bits per heavy atom. The van der Waals surface area contributed by atoms with E-state index >= 15 is 0 Å². The van der Waals surface area contributed by atoms with Gasteiger partial charge in [0.25, 0.3) is 0 Å². The molecule has 1 unspecified atom stereocenters. The Kier molecular flexibility index (Phi) is 6.17. The number of allylic oxidation sites excluding steroid dienone is 2. The normalized spacial score (nSPS) is 49.0. The van der Waals surface area contributed by atoms with Gasteiger partial charge in [0.1, 0.15) is 6.79 Å². The van der Waals surface area contributed by atoms with Gasteiger partial charge in [-0.05, 0) is 109 Å². The first kappa shape index (κ1) is 26.7. The van der Waals surface area contributed by atoms with Crippen LogP contribution in [0, 0.1) is 50.2 Å². The van der Waals surface area contributed by atoms with E-state index < -0.39 is 0 Å². The second-order valence-corrected chi connectivity index (χ2v) is 15.5. The highest BCUT2D eigenvalue weighted by atomic mass is 16.6. The van der Waals surface area contributed by atoms with Gasteiger partial charge in [0.15, 0.2) is 0 Å². The molecule has 204 valence electrons. The van der Waals surface area contributed by atoms with Crippen LogP contribution in [0.3, 0.4) is 0 Å². The minimum atomic E-state index is -0.332. The SMILES string of the molecule is COC(=O)[C@]12CCC(C)(C)C[C@@H]1C1=CC[C@@H]3[C@@]4(C)CC[C@H](OCO)C(C)(C)C4CC[C@@]3(C)[C@]1(C)CC2. The van der Waals surface area contributed by atoms with Gasteiger partial charge in [0.2, 0.25) is 0 Å². The molecule has 5 rings (SSSR count). The Balaban J connectivity index is 1.56.